The van der Waals surface area contributed by atoms with E-state index in [1.807, 2.05) is 0 Å². The van der Waals surface area contributed by atoms with Crippen molar-refractivity contribution in [3.05, 3.63) is 35.4 Å². The number of aliphatic carboxylic acids is 1. The minimum Gasteiger partial charge on any atom is -0.480 e. The molecule has 154 valence electrons. The Bertz CT molecular complexity index is 712. The Labute approximate surface area is 163 Å². The van der Waals surface area contributed by atoms with Gasteiger partial charge in [0, 0.05) is 25.2 Å². The van der Waals surface area contributed by atoms with Crippen LogP contribution in [-0.4, -0.2) is 78.5 Å². The molecule has 3 aliphatic rings. The number of rotatable bonds is 3. The van der Waals surface area contributed by atoms with E-state index in [9.17, 15) is 18.7 Å². The third-order valence-corrected chi connectivity index (χ3v) is 6.11. The van der Waals surface area contributed by atoms with Gasteiger partial charge in [-0.15, -0.1) is 0 Å². The number of nitrogens with zero attached hydrogens (tertiary/aromatic N) is 2. The third kappa shape index (κ3) is 3.78. The molecule has 3 aliphatic heterocycles. The van der Waals surface area contributed by atoms with Crippen molar-refractivity contribution in [3.8, 4) is 0 Å². The summed E-state index contributed by atoms with van der Waals surface area (Å²) in [5, 5.41) is 9.90. The fraction of sp³-hybridized carbons (Fsp3) is 0.650. The van der Waals surface area contributed by atoms with E-state index >= 15 is 0 Å². The van der Waals surface area contributed by atoms with Gasteiger partial charge in [0.25, 0.3) is 0 Å². The average molecular weight is 396 g/mol. The molecule has 0 radical (unpaired) electrons. The van der Waals surface area contributed by atoms with Gasteiger partial charge < -0.3 is 14.6 Å². The van der Waals surface area contributed by atoms with E-state index in [0.29, 0.717) is 45.6 Å². The van der Waals surface area contributed by atoms with Gasteiger partial charge in [-0.3, -0.25) is 14.6 Å². The predicted molar refractivity (Wildman–Crippen MR) is 97.0 cm³/mol. The molecule has 0 amide bonds. The summed E-state index contributed by atoms with van der Waals surface area (Å²) in [6, 6.07) is 2.11. The summed E-state index contributed by atoms with van der Waals surface area (Å²) >= 11 is 0. The molecule has 0 bridgehead atoms. The van der Waals surface area contributed by atoms with E-state index in [4.69, 9.17) is 9.47 Å². The molecule has 0 aliphatic carbocycles. The number of carboxylic acid groups (broad SMARTS) is 1. The zero-order chi connectivity index (χ0) is 19.7. The Morgan fingerprint density at radius 2 is 1.89 bits per heavy atom. The van der Waals surface area contributed by atoms with Crippen LogP contribution in [0.25, 0.3) is 0 Å². The van der Waals surface area contributed by atoms with Crippen LogP contribution in [0.5, 0.6) is 0 Å². The molecule has 1 aromatic carbocycles. The molecule has 1 aromatic rings. The molecular weight excluding hydrogens is 370 g/mol. The molecule has 3 atom stereocenters. The zero-order valence-electron chi connectivity index (χ0n) is 15.8. The summed E-state index contributed by atoms with van der Waals surface area (Å²) in [5.74, 6) is -2.69. The molecule has 3 saturated heterocycles. The summed E-state index contributed by atoms with van der Waals surface area (Å²) in [6.07, 6.45) is 3.31. The van der Waals surface area contributed by atoms with Gasteiger partial charge in [-0.25, -0.2) is 8.78 Å². The predicted octanol–water partition coefficient (Wildman–Crippen LogP) is 2.05. The monoisotopic (exact) mass is 396 g/mol. The van der Waals surface area contributed by atoms with Crippen LogP contribution >= 0.6 is 0 Å². The van der Waals surface area contributed by atoms with Crippen molar-refractivity contribution >= 4 is 5.97 Å². The number of carboxylic acids is 1. The summed E-state index contributed by atoms with van der Waals surface area (Å²) in [5.41, 5.74) is -0.340. The van der Waals surface area contributed by atoms with Crippen molar-refractivity contribution in [1.82, 2.24) is 9.80 Å². The second-order valence-electron chi connectivity index (χ2n) is 8.05. The molecule has 8 heteroatoms. The van der Waals surface area contributed by atoms with Crippen molar-refractivity contribution < 1.29 is 28.2 Å². The fourth-order valence-corrected chi connectivity index (χ4v) is 4.94. The van der Waals surface area contributed by atoms with Crippen LogP contribution in [0.3, 0.4) is 0 Å². The Morgan fingerprint density at radius 1 is 1.14 bits per heavy atom. The van der Waals surface area contributed by atoms with Crippen molar-refractivity contribution in [1.29, 1.82) is 0 Å². The molecule has 3 fully saturated rings. The molecule has 0 aromatic heterocycles. The highest BCUT2D eigenvalue weighted by molar-refractivity contribution is 5.75. The van der Waals surface area contributed by atoms with E-state index < -0.39 is 29.2 Å². The molecule has 1 N–H and O–H groups in total. The molecule has 28 heavy (non-hydrogen) atoms. The maximum absolute atomic E-state index is 13.8. The van der Waals surface area contributed by atoms with E-state index in [1.165, 1.54) is 0 Å². The van der Waals surface area contributed by atoms with Crippen LogP contribution in [0.1, 0.15) is 30.9 Å². The van der Waals surface area contributed by atoms with E-state index in [1.54, 1.807) is 4.90 Å². The first-order valence-corrected chi connectivity index (χ1v) is 9.84. The van der Waals surface area contributed by atoms with E-state index in [-0.39, 0.29) is 5.56 Å². The Morgan fingerprint density at radius 3 is 2.64 bits per heavy atom. The van der Waals surface area contributed by atoms with Crippen LogP contribution in [0.2, 0.25) is 0 Å². The molecule has 0 saturated carbocycles. The smallest absolute Gasteiger partial charge is 0.325 e. The topological polar surface area (TPSA) is 62.2 Å². The number of morpholine rings is 1. The lowest BCUT2D eigenvalue weighted by atomic mass is 9.88. The number of fused-ring (bicyclic) bond motifs is 2. The first kappa shape index (κ1) is 19.7. The molecule has 3 heterocycles. The molecule has 4 rings (SSSR count). The minimum absolute atomic E-state index is 0.106. The standard InChI is InChI=1S/C20H26F2N2O4/c21-15-7-14(8-16(22)9-15)18(19(25)26)23-5-6-27-12-20(11-23)13-28-10-17-3-1-2-4-24(17)20/h7-9,17-18H,1-6,10-13H2,(H,25,26)/t17-,18?,20+/m1/s1. The number of carbonyl (C=O) groups is 1. The van der Waals surface area contributed by atoms with E-state index in [0.717, 1.165) is 44.0 Å². The summed E-state index contributed by atoms with van der Waals surface area (Å²) in [4.78, 5) is 16.3. The van der Waals surface area contributed by atoms with Gasteiger partial charge in [0.1, 0.15) is 17.7 Å². The van der Waals surface area contributed by atoms with Crippen molar-refractivity contribution in [3.63, 3.8) is 0 Å². The lowest BCUT2D eigenvalue weighted by molar-refractivity contribution is -0.152. The van der Waals surface area contributed by atoms with Gasteiger partial charge in [0.15, 0.2) is 0 Å². The van der Waals surface area contributed by atoms with E-state index in [2.05, 4.69) is 4.90 Å². The third-order valence-electron chi connectivity index (χ3n) is 6.11. The highest BCUT2D eigenvalue weighted by Crippen LogP contribution is 2.35. The Hall–Kier alpha value is -1.61. The number of hydrogen-bond acceptors (Lipinski definition) is 5. The second kappa shape index (κ2) is 8.02. The highest BCUT2D eigenvalue weighted by Gasteiger charge is 2.48. The lowest BCUT2D eigenvalue weighted by Crippen LogP contribution is -2.68. The maximum Gasteiger partial charge on any atom is 0.325 e. The van der Waals surface area contributed by atoms with Crippen LogP contribution in [-0.2, 0) is 14.3 Å². The number of hydrogen-bond donors (Lipinski definition) is 1. The van der Waals surface area contributed by atoms with Crippen molar-refractivity contribution in [2.24, 2.45) is 0 Å². The molecule has 1 spiro atoms. The quantitative estimate of drug-likeness (QED) is 0.844. The van der Waals surface area contributed by atoms with Gasteiger partial charge in [-0.1, -0.05) is 6.42 Å². The van der Waals surface area contributed by atoms with Crippen LogP contribution < -0.4 is 0 Å². The fourth-order valence-electron chi connectivity index (χ4n) is 4.94. The number of piperidine rings is 1. The normalized spacial score (nSPS) is 30.6. The Balaban J connectivity index is 1.66. The number of ether oxygens (including phenoxy) is 2. The van der Waals surface area contributed by atoms with Gasteiger partial charge in [0.2, 0.25) is 0 Å². The van der Waals surface area contributed by atoms with Crippen LogP contribution in [0.15, 0.2) is 18.2 Å². The van der Waals surface area contributed by atoms with Gasteiger partial charge in [-0.2, -0.15) is 0 Å². The first-order chi connectivity index (χ1) is 13.5. The first-order valence-electron chi connectivity index (χ1n) is 9.84. The zero-order valence-corrected chi connectivity index (χ0v) is 15.8. The minimum atomic E-state index is -1.14. The lowest BCUT2D eigenvalue weighted by Gasteiger charge is -2.53. The SMILES string of the molecule is O=C(O)C(c1cc(F)cc(F)c1)N1CCOC[C@]2(COC[C@H]3CCCCN32)C1. The molecule has 1 unspecified atom stereocenters. The Kier molecular flexibility index (Phi) is 5.64. The van der Waals surface area contributed by atoms with Gasteiger partial charge >= 0.3 is 5.97 Å². The number of benzene rings is 1. The number of halogens is 2. The van der Waals surface area contributed by atoms with Crippen LogP contribution in [0.4, 0.5) is 8.78 Å². The van der Waals surface area contributed by atoms with Crippen LogP contribution in [0, 0.1) is 11.6 Å². The summed E-state index contributed by atoms with van der Waals surface area (Å²) < 4.78 is 39.3. The molecular formula is C20H26F2N2O4. The summed E-state index contributed by atoms with van der Waals surface area (Å²) in [6.45, 7) is 3.68. The molecule has 6 nitrogen and oxygen atoms in total. The maximum atomic E-state index is 13.8. The van der Waals surface area contributed by atoms with Gasteiger partial charge in [-0.05, 0) is 37.1 Å². The van der Waals surface area contributed by atoms with Gasteiger partial charge in [0.05, 0.1) is 32.0 Å². The second-order valence-corrected chi connectivity index (χ2v) is 8.05. The largest absolute Gasteiger partial charge is 0.480 e. The van der Waals surface area contributed by atoms with Crippen molar-refractivity contribution in [2.75, 3.05) is 46.1 Å². The van der Waals surface area contributed by atoms with Crippen molar-refractivity contribution in [2.45, 2.75) is 36.9 Å². The average Bonchev–Trinajstić information content (AvgIpc) is 2.84. The summed E-state index contributed by atoms with van der Waals surface area (Å²) in [7, 11) is 0. The highest BCUT2D eigenvalue weighted by atomic mass is 19.1.